The van der Waals surface area contributed by atoms with E-state index in [1.165, 1.54) is 67.0 Å². The van der Waals surface area contributed by atoms with Gasteiger partial charge >= 0.3 is 0 Å². The average molecular weight is 633 g/mol. The summed E-state index contributed by atoms with van der Waals surface area (Å²) in [6, 6.07) is 25.8. The minimum Gasteiger partial charge on any atom is -0.410 e. The van der Waals surface area contributed by atoms with Gasteiger partial charge < -0.3 is 8.85 Å². The van der Waals surface area contributed by atoms with E-state index in [1.54, 1.807) is 0 Å². The van der Waals surface area contributed by atoms with Gasteiger partial charge in [0.2, 0.25) is 0 Å². The molecule has 0 radical (unpaired) electrons. The van der Waals surface area contributed by atoms with Crippen LogP contribution in [0.1, 0.15) is 106 Å². The van der Waals surface area contributed by atoms with Crippen LogP contribution in [0.3, 0.4) is 0 Å². The Labute approximate surface area is 274 Å². The summed E-state index contributed by atoms with van der Waals surface area (Å²) in [5, 5.41) is 2.80. The molecular weight excluding hydrogens is 569 g/mol. The lowest BCUT2D eigenvalue weighted by atomic mass is 9.86. The summed E-state index contributed by atoms with van der Waals surface area (Å²) >= 11 is 0. The maximum absolute atomic E-state index is 7.10. The van der Waals surface area contributed by atoms with E-state index in [0.29, 0.717) is 17.9 Å². The number of rotatable bonds is 20. The van der Waals surface area contributed by atoms with E-state index in [4.69, 9.17) is 8.85 Å². The average Bonchev–Trinajstić information content (AvgIpc) is 3.41. The van der Waals surface area contributed by atoms with E-state index < -0.39 is 16.6 Å². The highest BCUT2D eigenvalue weighted by molar-refractivity contribution is 6.99. The largest absolute Gasteiger partial charge is 0.410 e. The standard InChI is InChI=1S/C40H64O2Si2/c1-8-12-19-31-38-35(32-33-39(38)42-43(9-2,10-3)11-4)26-20-15-13-14-16-25-34-41-44(40(5,6)7,36-27-21-17-22-28-36)37-29-23-18-24-30-37/h12,17-19,21-24,27-30,32-33,35,38-39H,8-11,13-16,20,25-26,31,34H2,1-7H3/b19-12+. The molecule has 1 aliphatic rings. The van der Waals surface area contributed by atoms with E-state index >= 15 is 0 Å². The fraction of sp³-hybridized carbons (Fsp3) is 0.600. The lowest BCUT2D eigenvalue weighted by Crippen LogP contribution is -2.66. The van der Waals surface area contributed by atoms with Gasteiger partial charge in [-0.3, -0.25) is 0 Å². The topological polar surface area (TPSA) is 18.5 Å². The van der Waals surface area contributed by atoms with E-state index in [0.717, 1.165) is 25.9 Å². The van der Waals surface area contributed by atoms with Crippen molar-refractivity contribution in [3.63, 3.8) is 0 Å². The van der Waals surface area contributed by atoms with Crippen molar-refractivity contribution in [2.45, 2.75) is 136 Å². The third-order valence-electron chi connectivity index (χ3n) is 10.3. The smallest absolute Gasteiger partial charge is 0.261 e. The second-order valence-corrected chi connectivity index (χ2v) is 23.1. The number of hydrogen-bond donors (Lipinski definition) is 0. The molecule has 2 nitrogen and oxygen atoms in total. The SMILES string of the molecule is CC/C=C/CC1C(CCCCCCCCO[Si](c2ccccc2)(c2ccccc2)C(C)(C)C)C=CC1O[Si](CC)(CC)CC. The molecule has 0 saturated heterocycles. The van der Waals surface area contributed by atoms with Gasteiger partial charge in [-0.15, -0.1) is 0 Å². The highest BCUT2D eigenvalue weighted by atomic mass is 28.4. The van der Waals surface area contributed by atoms with E-state index in [-0.39, 0.29) is 5.04 Å². The molecule has 0 heterocycles. The number of hydrogen-bond acceptors (Lipinski definition) is 2. The molecule has 3 unspecified atom stereocenters. The molecule has 0 N–H and O–H groups in total. The normalized spacial score (nSPS) is 19.3. The molecule has 2 aromatic carbocycles. The molecule has 1 aliphatic carbocycles. The Kier molecular flexibility index (Phi) is 15.4. The number of benzene rings is 2. The van der Waals surface area contributed by atoms with Gasteiger partial charge in [-0.05, 0) is 71.1 Å². The van der Waals surface area contributed by atoms with Gasteiger partial charge in [-0.2, -0.15) is 0 Å². The first kappa shape index (κ1) is 36.7. The Bertz CT molecular complexity index is 1050. The molecule has 244 valence electrons. The van der Waals surface area contributed by atoms with Crippen LogP contribution in [0.2, 0.25) is 23.2 Å². The molecule has 2 aromatic rings. The quantitative estimate of drug-likeness (QED) is 0.0821. The number of unbranched alkanes of at least 4 members (excludes halogenated alkanes) is 5. The molecule has 0 amide bonds. The molecule has 4 heteroatoms. The highest BCUT2D eigenvalue weighted by Crippen LogP contribution is 2.39. The van der Waals surface area contributed by atoms with Gasteiger partial charge in [-0.25, -0.2) is 0 Å². The van der Waals surface area contributed by atoms with Gasteiger partial charge in [0.15, 0.2) is 8.32 Å². The van der Waals surface area contributed by atoms with Crippen LogP contribution < -0.4 is 10.4 Å². The van der Waals surface area contributed by atoms with Crippen LogP contribution in [0, 0.1) is 11.8 Å². The molecule has 0 spiro atoms. The first-order chi connectivity index (χ1) is 21.3. The zero-order valence-electron chi connectivity index (χ0n) is 29.3. The van der Waals surface area contributed by atoms with Gasteiger partial charge in [0.05, 0.1) is 6.10 Å². The minimum atomic E-state index is -2.41. The molecule has 0 fully saturated rings. The van der Waals surface area contributed by atoms with Crippen LogP contribution in [0.25, 0.3) is 0 Å². The van der Waals surface area contributed by atoms with E-state index in [9.17, 15) is 0 Å². The Balaban J connectivity index is 1.47. The minimum absolute atomic E-state index is 0.0476. The monoisotopic (exact) mass is 632 g/mol. The molecule has 0 saturated carbocycles. The maximum atomic E-state index is 7.10. The third-order valence-corrected chi connectivity index (χ3v) is 20.0. The Morgan fingerprint density at radius 2 is 1.23 bits per heavy atom. The summed E-state index contributed by atoms with van der Waals surface area (Å²) in [5.41, 5.74) is 0. The van der Waals surface area contributed by atoms with Crippen molar-refractivity contribution in [2.24, 2.45) is 11.8 Å². The Hall–Kier alpha value is -1.73. The summed E-state index contributed by atoms with van der Waals surface area (Å²) in [5.74, 6) is 1.28. The Morgan fingerprint density at radius 1 is 0.682 bits per heavy atom. The van der Waals surface area contributed by atoms with Crippen molar-refractivity contribution in [3.8, 4) is 0 Å². The van der Waals surface area contributed by atoms with Gasteiger partial charge in [-0.1, -0.05) is 166 Å². The molecule has 0 bridgehead atoms. The first-order valence-corrected chi connectivity index (χ1v) is 22.5. The van der Waals surface area contributed by atoms with Crippen LogP contribution in [0.15, 0.2) is 85.0 Å². The zero-order valence-corrected chi connectivity index (χ0v) is 31.3. The fourth-order valence-electron chi connectivity index (χ4n) is 7.41. The van der Waals surface area contributed by atoms with Crippen LogP contribution in [0.5, 0.6) is 0 Å². The molecular formula is C40H64O2Si2. The molecule has 0 aromatic heterocycles. The van der Waals surface area contributed by atoms with Crippen molar-refractivity contribution in [1.29, 1.82) is 0 Å². The predicted octanol–water partition coefficient (Wildman–Crippen LogP) is 10.8. The fourth-order valence-corrected chi connectivity index (χ4v) is 14.8. The highest BCUT2D eigenvalue weighted by Gasteiger charge is 2.50. The molecule has 3 atom stereocenters. The van der Waals surface area contributed by atoms with E-state index in [2.05, 4.69) is 133 Å². The van der Waals surface area contributed by atoms with Crippen molar-refractivity contribution in [3.05, 3.63) is 85.0 Å². The summed E-state index contributed by atoms with van der Waals surface area (Å²) in [4.78, 5) is 0. The maximum Gasteiger partial charge on any atom is 0.261 e. The van der Waals surface area contributed by atoms with Gasteiger partial charge in [0.1, 0.15) is 0 Å². The van der Waals surface area contributed by atoms with Crippen LogP contribution in [0.4, 0.5) is 0 Å². The molecule has 0 aliphatic heterocycles. The summed E-state index contributed by atoms with van der Waals surface area (Å²) < 4.78 is 14.1. The van der Waals surface area contributed by atoms with Crippen LogP contribution in [-0.2, 0) is 8.85 Å². The number of allylic oxidation sites excluding steroid dienone is 3. The van der Waals surface area contributed by atoms with Gasteiger partial charge in [0.25, 0.3) is 8.32 Å². The molecule has 44 heavy (non-hydrogen) atoms. The zero-order chi connectivity index (χ0) is 31.9. The van der Waals surface area contributed by atoms with Crippen LogP contribution in [-0.4, -0.2) is 29.3 Å². The predicted molar refractivity (Wildman–Crippen MR) is 198 cm³/mol. The second kappa shape index (κ2) is 18.4. The third kappa shape index (κ3) is 9.64. The van der Waals surface area contributed by atoms with Crippen LogP contribution >= 0.6 is 0 Å². The van der Waals surface area contributed by atoms with E-state index in [1.807, 2.05) is 0 Å². The van der Waals surface area contributed by atoms with Gasteiger partial charge in [0, 0.05) is 6.61 Å². The summed E-state index contributed by atoms with van der Waals surface area (Å²) in [6.07, 6.45) is 21.3. The van der Waals surface area contributed by atoms with Crippen molar-refractivity contribution >= 4 is 27.0 Å². The molecule has 3 rings (SSSR count). The summed E-state index contributed by atoms with van der Waals surface area (Å²) in [6.45, 7) is 17.2. The summed E-state index contributed by atoms with van der Waals surface area (Å²) in [7, 11) is -4.02. The first-order valence-electron chi connectivity index (χ1n) is 18.0. The van der Waals surface area contributed by atoms with Crippen molar-refractivity contribution < 1.29 is 8.85 Å². The lowest BCUT2D eigenvalue weighted by Gasteiger charge is -2.43. The Morgan fingerprint density at radius 3 is 1.75 bits per heavy atom. The van der Waals surface area contributed by atoms with Crippen molar-refractivity contribution in [1.82, 2.24) is 0 Å². The van der Waals surface area contributed by atoms with Crippen molar-refractivity contribution in [2.75, 3.05) is 6.61 Å². The lowest BCUT2D eigenvalue weighted by molar-refractivity contribution is 0.150. The second-order valence-electron chi connectivity index (χ2n) is 14.1.